The van der Waals surface area contributed by atoms with Gasteiger partial charge in [0.2, 0.25) is 0 Å². The van der Waals surface area contributed by atoms with Gasteiger partial charge in [0.15, 0.2) is 5.96 Å². The number of nitrogens with one attached hydrogen (secondary N) is 2. The average molecular weight is 270 g/mol. The zero-order valence-electron chi connectivity index (χ0n) is 12.7. The number of ether oxygens (including phenoxy) is 1. The molecule has 1 aliphatic rings. The first kappa shape index (κ1) is 16.2. The average Bonchev–Trinajstić information content (AvgIpc) is 2.87. The fourth-order valence-corrected chi connectivity index (χ4v) is 2.39. The maximum atomic E-state index is 5.17. The Morgan fingerprint density at radius 2 is 2.21 bits per heavy atom. The van der Waals surface area contributed by atoms with Crippen LogP contribution in [-0.4, -0.2) is 63.3 Å². The Kier molecular flexibility index (Phi) is 8.58. The van der Waals surface area contributed by atoms with E-state index < -0.39 is 0 Å². The Bertz CT molecular complexity index is 258. The van der Waals surface area contributed by atoms with E-state index in [0.717, 1.165) is 45.2 Å². The number of nitrogens with zero attached hydrogens (tertiary/aromatic N) is 2. The first-order valence-corrected chi connectivity index (χ1v) is 7.57. The third-order valence-electron chi connectivity index (χ3n) is 3.43. The Hall–Kier alpha value is -0.810. The summed E-state index contributed by atoms with van der Waals surface area (Å²) in [5, 5.41) is 6.64. The van der Waals surface area contributed by atoms with E-state index in [1.54, 1.807) is 7.11 Å². The summed E-state index contributed by atoms with van der Waals surface area (Å²) in [6, 6.07) is 0.576. The number of methoxy groups -OCH3 is 1. The van der Waals surface area contributed by atoms with Crippen molar-refractivity contribution in [1.82, 2.24) is 15.5 Å². The van der Waals surface area contributed by atoms with E-state index in [1.807, 2.05) is 0 Å². The van der Waals surface area contributed by atoms with Gasteiger partial charge in [-0.25, -0.2) is 0 Å². The molecule has 0 saturated carbocycles. The molecule has 19 heavy (non-hydrogen) atoms. The van der Waals surface area contributed by atoms with Gasteiger partial charge in [-0.05, 0) is 32.7 Å². The van der Waals surface area contributed by atoms with Crippen LogP contribution in [0.4, 0.5) is 0 Å². The molecule has 0 aromatic rings. The summed E-state index contributed by atoms with van der Waals surface area (Å²) in [4.78, 5) is 7.20. The van der Waals surface area contributed by atoms with Crippen LogP contribution in [0.1, 0.15) is 33.1 Å². The highest BCUT2D eigenvalue weighted by atomic mass is 16.5. The summed E-state index contributed by atoms with van der Waals surface area (Å²) >= 11 is 0. The Morgan fingerprint density at radius 3 is 2.89 bits per heavy atom. The lowest BCUT2D eigenvalue weighted by atomic mass is 10.2. The molecule has 1 unspecified atom stereocenters. The summed E-state index contributed by atoms with van der Waals surface area (Å²) in [5.41, 5.74) is 0. The van der Waals surface area contributed by atoms with Crippen LogP contribution in [0.5, 0.6) is 0 Å². The SMILES string of the molecule is CCCNC(=NCC1CCCN1CCOC)NCC. The number of guanidine groups is 1. The second-order valence-electron chi connectivity index (χ2n) is 4.97. The van der Waals surface area contributed by atoms with E-state index >= 15 is 0 Å². The van der Waals surface area contributed by atoms with Gasteiger partial charge in [0.05, 0.1) is 13.2 Å². The number of hydrogen-bond donors (Lipinski definition) is 2. The predicted octanol–water partition coefficient (Wildman–Crippen LogP) is 1.06. The minimum absolute atomic E-state index is 0.576. The molecule has 1 aliphatic heterocycles. The van der Waals surface area contributed by atoms with Crippen LogP contribution in [-0.2, 0) is 4.74 Å². The highest BCUT2D eigenvalue weighted by molar-refractivity contribution is 5.79. The van der Waals surface area contributed by atoms with Crippen LogP contribution in [0.2, 0.25) is 0 Å². The molecule has 1 heterocycles. The van der Waals surface area contributed by atoms with Crippen molar-refractivity contribution in [2.75, 3.05) is 46.4 Å². The minimum atomic E-state index is 0.576. The molecule has 0 bridgehead atoms. The molecule has 1 atom stereocenters. The van der Waals surface area contributed by atoms with Crippen molar-refractivity contribution in [2.45, 2.75) is 39.2 Å². The van der Waals surface area contributed by atoms with Gasteiger partial charge in [0.1, 0.15) is 0 Å². The van der Waals surface area contributed by atoms with E-state index in [-0.39, 0.29) is 0 Å². The first-order chi connectivity index (χ1) is 9.31. The molecule has 1 saturated heterocycles. The molecule has 1 fully saturated rings. The predicted molar refractivity (Wildman–Crippen MR) is 80.7 cm³/mol. The number of rotatable bonds is 8. The molecule has 5 heteroatoms. The van der Waals surface area contributed by atoms with Crippen LogP contribution in [0.15, 0.2) is 4.99 Å². The highest BCUT2D eigenvalue weighted by Gasteiger charge is 2.23. The second-order valence-corrected chi connectivity index (χ2v) is 4.97. The first-order valence-electron chi connectivity index (χ1n) is 7.57. The zero-order valence-corrected chi connectivity index (χ0v) is 12.7. The Balaban J connectivity index is 2.41. The molecule has 0 aliphatic carbocycles. The molecule has 5 nitrogen and oxygen atoms in total. The summed E-state index contributed by atoms with van der Waals surface area (Å²) in [7, 11) is 1.77. The van der Waals surface area contributed by atoms with Crippen LogP contribution < -0.4 is 10.6 Å². The molecule has 0 spiro atoms. The lowest BCUT2D eigenvalue weighted by Gasteiger charge is -2.23. The maximum absolute atomic E-state index is 5.17. The third-order valence-corrected chi connectivity index (χ3v) is 3.43. The smallest absolute Gasteiger partial charge is 0.191 e. The van der Waals surface area contributed by atoms with E-state index in [0.29, 0.717) is 6.04 Å². The normalized spacial score (nSPS) is 20.8. The molecule has 112 valence electrons. The molecule has 1 rings (SSSR count). The molecule has 2 N–H and O–H groups in total. The van der Waals surface area contributed by atoms with E-state index in [2.05, 4.69) is 29.4 Å². The van der Waals surface area contributed by atoms with Crippen molar-refractivity contribution in [1.29, 1.82) is 0 Å². The Labute approximate surface area is 117 Å². The van der Waals surface area contributed by atoms with Gasteiger partial charge in [-0.1, -0.05) is 6.92 Å². The maximum Gasteiger partial charge on any atom is 0.191 e. The molecule has 0 amide bonds. The molecular formula is C14H30N4O. The number of aliphatic imine (C=N–C) groups is 1. The van der Waals surface area contributed by atoms with Crippen molar-refractivity contribution < 1.29 is 4.74 Å². The summed E-state index contributed by atoms with van der Waals surface area (Å²) < 4.78 is 5.17. The van der Waals surface area contributed by atoms with Crippen molar-refractivity contribution in [3.8, 4) is 0 Å². The largest absolute Gasteiger partial charge is 0.383 e. The van der Waals surface area contributed by atoms with Crippen LogP contribution in [0, 0.1) is 0 Å². The molecule has 0 radical (unpaired) electrons. The summed E-state index contributed by atoms with van der Waals surface area (Å²) in [5.74, 6) is 0.947. The van der Waals surface area contributed by atoms with Gasteiger partial charge in [0, 0.05) is 32.8 Å². The lowest BCUT2D eigenvalue weighted by molar-refractivity contribution is 0.142. The summed E-state index contributed by atoms with van der Waals surface area (Å²) in [6.07, 6.45) is 3.65. The minimum Gasteiger partial charge on any atom is -0.383 e. The van der Waals surface area contributed by atoms with Gasteiger partial charge >= 0.3 is 0 Å². The second kappa shape index (κ2) is 10.0. The Morgan fingerprint density at radius 1 is 1.37 bits per heavy atom. The van der Waals surface area contributed by atoms with Gasteiger partial charge in [-0.15, -0.1) is 0 Å². The fourth-order valence-electron chi connectivity index (χ4n) is 2.39. The van der Waals surface area contributed by atoms with Gasteiger partial charge in [0.25, 0.3) is 0 Å². The zero-order chi connectivity index (χ0) is 13.9. The highest BCUT2D eigenvalue weighted by Crippen LogP contribution is 2.16. The topological polar surface area (TPSA) is 48.9 Å². The quantitative estimate of drug-likeness (QED) is 0.511. The molecule has 0 aromatic carbocycles. The van der Waals surface area contributed by atoms with Gasteiger partial charge in [-0.2, -0.15) is 0 Å². The van der Waals surface area contributed by atoms with Gasteiger partial charge < -0.3 is 15.4 Å². The van der Waals surface area contributed by atoms with Crippen molar-refractivity contribution in [2.24, 2.45) is 4.99 Å². The lowest BCUT2D eigenvalue weighted by Crippen LogP contribution is -2.40. The fraction of sp³-hybridized carbons (Fsp3) is 0.929. The molecule has 0 aromatic heterocycles. The van der Waals surface area contributed by atoms with Crippen molar-refractivity contribution in [3.05, 3.63) is 0 Å². The van der Waals surface area contributed by atoms with Crippen molar-refractivity contribution in [3.63, 3.8) is 0 Å². The van der Waals surface area contributed by atoms with Crippen LogP contribution >= 0.6 is 0 Å². The molecular weight excluding hydrogens is 240 g/mol. The third kappa shape index (κ3) is 6.25. The van der Waals surface area contributed by atoms with Gasteiger partial charge in [-0.3, -0.25) is 9.89 Å². The van der Waals surface area contributed by atoms with E-state index in [4.69, 9.17) is 9.73 Å². The number of hydrogen-bond acceptors (Lipinski definition) is 3. The van der Waals surface area contributed by atoms with Crippen molar-refractivity contribution >= 4 is 5.96 Å². The monoisotopic (exact) mass is 270 g/mol. The van der Waals surface area contributed by atoms with Crippen LogP contribution in [0.3, 0.4) is 0 Å². The van der Waals surface area contributed by atoms with Crippen LogP contribution in [0.25, 0.3) is 0 Å². The van der Waals surface area contributed by atoms with E-state index in [1.165, 1.54) is 19.4 Å². The number of likely N-dealkylation sites (tertiary alicyclic amines) is 1. The standard InChI is InChI=1S/C14H30N4O/c1-4-8-16-14(15-5-2)17-12-13-7-6-9-18(13)10-11-19-3/h13H,4-12H2,1-3H3,(H2,15,16,17). The van der Waals surface area contributed by atoms with E-state index in [9.17, 15) is 0 Å². The summed E-state index contributed by atoms with van der Waals surface area (Å²) in [6.45, 7) is 10.1.